The largest absolute Gasteiger partial charge is 0.310 e. The second-order valence-electron chi connectivity index (χ2n) is 5.52. The molecular weight excluding hydrogens is 304 g/mol. The highest BCUT2D eigenvalue weighted by Gasteiger charge is 2.11. The number of rotatable bonds is 3. The third kappa shape index (κ3) is 2.44. The summed E-state index contributed by atoms with van der Waals surface area (Å²) in [5.74, 6) is 0. The molecule has 0 aliphatic carbocycles. The Hall–Kier alpha value is -3.41. The summed E-state index contributed by atoms with van der Waals surface area (Å²) in [5.41, 5.74) is 1.79. The summed E-state index contributed by atoms with van der Waals surface area (Å²) in [7, 11) is 0. The molecule has 4 aromatic rings. The molecule has 0 aliphatic heterocycles. The number of aromatic amines is 1. The third-order valence-corrected chi connectivity index (χ3v) is 3.88. The number of hydrogen-bond donors (Lipinski definition) is 1. The molecule has 0 fully saturated rings. The molecule has 3 aromatic heterocycles. The zero-order valence-electron chi connectivity index (χ0n) is 12.7. The number of nitrogens with one attached hydrogen (secondary N) is 1. The molecule has 0 radical (unpaired) electrons. The number of H-pyrrole nitrogens is 1. The number of para-hydroxylation sites is 1. The Labute approximate surface area is 136 Å². The quantitative estimate of drug-likeness (QED) is 0.627. The van der Waals surface area contributed by atoms with Crippen molar-refractivity contribution in [3.8, 4) is 5.69 Å². The van der Waals surface area contributed by atoms with Crippen molar-refractivity contribution in [1.29, 1.82) is 0 Å². The molecule has 0 saturated carbocycles. The molecular formula is C18H14N4O2. The monoisotopic (exact) mass is 318 g/mol. The highest BCUT2D eigenvalue weighted by atomic mass is 16.1. The van der Waals surface area contributed by atoms with Crippen molar-refractivity contribution in [2.45, 2.75) is 6.54 Å². The summed E-state index contributed by atoms with van der Waals surface area (Å²) in [5, 5.41) is 3.46. The molecule has 3 heterocycles. The van der Waals surface area contributed by atoms with E-state index in [2.05, 4.69) is 10.1 Å². The van der Waals surface area contributed by atoms with Gasteiger partial charge in [-0.05, 0) is 23.8 Å². The fourth-order valence-electron chi connectivity index (χ4n) is 2.70. The molecule has 1 aromatic carbocycles. The Bertz CT molecular complexity index is 1110. The highest BCUT2D eigenvalue weighted by Crippen LogP contribution is 2.09. The maximum atomic E-state index is 12.6. The van der Waals surface area contributed by atoms with E-state index >= 15 is 0 Å². The Morgan fingerprint density at radius 2 is 1.88 bits per heavy atom. The highest BCUT2D eigenvalue weighted by molar-refractivity contribution is 5.77. The Kier molecular flexibility index (Phi) is 3.35. The number of hydrogen-bond acceptors (Lipinski definition) is 3. The molecule has 1 N–H and O–H groups in total. The standard InChI is InChI=1S/C18H14N4O2/c23-17-9-16-15(12-21(17)11-13-5-4-8-19-10-13)18(24)22(20-16)14-6-2-1-3-7-14/h1-10,12,20H,11H2. The van der Waals surface area contributed by atoms with Crippen LogP contribution in [-0.2, 0) is 6.54 Å². The van der Waals surface area contributed by atoms with Crippen molar-refractivity contribution in [2.75, 3.05) is 0 Å². The summed E-state index contributed by atoms with van der Waals surface area (Å²) in [4.78, 5) is 29.0. The van der Waals surface area contributed by atoms with Crippen LogP contribution in [0, 0.1) is 0 Å². The SMILES string of the molecule is O=c1cc2[nH]n(-c3ccccc3)c(=O)c2cn1Cc1cccnc1. The maximum Gasteiger partial charge on any atom is 0.280 e. The van der Waals surface area contributed by atoms with Crippen LogP contribution >= 0.6 is 0 Å². The lowest BCUT2D eigenvalue weighted by atomic mass is 10.2. The first-order chi connectivity index (χ1) is 11.7. The molecule has 6 nitrogen and oxygen atoms in total. The molecule has 0 amide bonds. The zero-order chi connectivity index (χ0) is 16.5. The van der Waals surface area contributed by atoms with E-state index in [9.17, 15) is 9.59 Å². The van der Waals surface area contributed by atoms with E-state index in [1.165, 1.54) is 15.3 Å². The first-order valence-corrected chi connectivity index (χ1v) is 7.52. The van der Waals surface area contributed by atoms with Crippen molar-refractivity contribution in [3.63, 3.8) is 0 Å². The molecule has 0 bridgehead atoms. The average molecular weight is 318 g/mol. The maximum absolute atomic E-state index is 12.6. The van der Waals surface area contributed by atoms with Crippen molar-refractivity contribution in [2.24, 2.45) is 0 Å². The van der Waals surface area contributed by atoms with Gasteiger partial charge >= 0.3 is 0 Å². The number of nitrogens with zero attached hydrogens (tertiary/aromatic N) is 3. The summed E-state index contributed by atoms with van der Waals surface area (Å²) in [6.07, 6.45) is 4.99. The minimum absolute atomic E-state index is 0.173. The van der Waals surface area contributed by atoms with Crippen LogP contribution in [0.5, 0.6) is 0 Å². The van der Waals surface area contributed by atoms with Crippen LogP contribution in [0.3, 0.4) is 0 Å². The molecule has 4 rings (SSSR count). The van der Waals surface area contributed by atoms with Crippen LogP contribution in [0.15, 0.2) is 76.7 Å². The van der Waals surface area contributed by atoms with Gasteiger partial charge in [-0.1, -0.05) is 24.3 Å². The van der Waals surface area contributed by atoms with E-state index in [0.29, 0.717) is 17.4 Å². The van der Waals surface area contributed by atoms with E-state index < -0.39 is 0 Å². The molecule has 118 valence electrons. The van der Waals surface area contributed by atoms with Crippen molar-refractivity contribution in [1.82, 2.24) is 19.3 Å². The second kappa shape index (κ2) is 5.66. The first-order valence-electron chi connectivity index (χ1n) is 7.52. The number of fused-ring (bicyclic) bond motifs is 1. The average Bonchev–Trinajstić information content (AvgIpc) is 2.93. The van der Waals surface area contributed by atoms with E-state index in [-0.39, 0.29) is 11.1 Å². The smallest absolute Gasteiger partial charge is 0.280 e. The van der Waals surface area contributed by atoms with Gasteiger partial charge in [-0.2, -0.15) is 0 Å². The van der Waals surface area contributed by atoms with Crippen LogP contribution in [0.2, 0.25) is 0 Å². The number of pyridine rings is 2. The van der Waals surface area contributed by atoms with Crippen LogP contribution in [0.1, 0.15) is 5.56 Å². The van der Waals surface area contributed by atoms with Gasteiger partial charge in [-0.15, -0.1) is 0 Å². The van der Waals surface area contributed by atoms with Gasteiger partial charge in [0.2, 0.25) is 0 Å². The Morgan fingerprint density at radius 1 is 1.04 bits per heavy atom. The van der Waals surface area contributed by atoms with Gasteiger partial charge < -0.3 is 4.57 Å². The lowest BCUT2D eigenvalue weighted by Gasteiger charge is -2.04. The number of aromatic nitrogens is 4. The van der Waals surface area contributed by atoms with E-state index in [4.69, 9.17) is 0 Å². The Morgan fingerprint density at radius 3 is 2.62 bits per heavy atom. The summed E-state index contributed by atoms with van der Waals surface area (Å²) >= 11 is 0. The fraction of sp³-hybridized carbons (Fsp3) is 0.0556. The van der Waals surface area contributed by atoms with Crippen LogP contribution in [-0.4, -0.2) is 19.3 Å². The van der Waals surface area contributed by atoms with Crippen LogP contribution in [0.4, 0.5) is 0 Å². The third-order valence-electron chi connectivity index (χ3n) is 3.88. The topological polar surface area (TPSA) is 72.7 Å². The van der Waals surface area contributed by atoms with Gasteiger partial charge in [0.1, 0.15) is 0 Å². The van der Waals surface area contributed by atoms with Crippen molar-refractivity contribution in [3.05, 3.63) is 93.4 Å². The molecule has 0 atom stereocenters. The van der Waals surface area contributed by atoms with Gasteiger partial charge in [0.25, 0.3) is 11.1 Å². The van der Waals surface area contributed by atoms with Gasteiger partial charge in [0, 0.05) is 24.7 Å². The van der Waals surface area contributed by atoms with Crippen molar-refractivity contribution < 1.29 is 0 Å². The van der Waals surface area contributed by atoms with Gasteiger partial charge in [0.05, 0.1) is 23.1 Å². The van der Waals surface area contributed by atoms with Gasteiger partial charge in [-0.25, -0.2) is 4.68 Å². The molecule has 6 heteroatoms. The summed E-state index contributed by atoms with van der Waals surface area (Å²) < 4.78 is 2.96. The molecule has 24 heavy (non-hydrogen) atoms. The van der Waals surface area contributed by atoms with E-state index in [0.717, 1.165) is 11.3 Å². The second-order valence-corrected chi connectivity index (χ2v) is 5.52. The van der Waals surface area contributed by atoms with E-state index in [1.807, 2.05) is 42.5 Å². The molecule has 0 saturated heterocycles. The molecule has 0 spiro atoms. The fourth-order valence-corrected chi connectivity index (χ4v) is 2.70. The van der Waals surface area contributed by atoms with Crippen LogP contribution in [0.25, 0.3) is 16.6 Å². The molecule has 0 unspecified atom stereocenters. The summed E-state index contributed by atoms with van der Waals surface area (Å²) in [6, 6.07) is 14.4. The normalized spacial score (nSPS) is 11.0. The van der Waals surface area contributed by atoms with Gasteiger partial charge in [-0.3, -0.25) is 19.7 Å². The predicted molar refractivity (Wildman–Crippen MR) is 91.5 cm³/mol. The minimum Gasteiger partial charge on any atom is -0.310 e. The lowest BCUT2D eigenvalue weighted by Crippen LogP contribution is -2.20. The van der Waals surface area contributed by atoms with E-state index in [1.54, 1.807) is 18.6 Å². The summed E-state index contributed by atoms with van der Waals surface area (Å²) in [6.45, 7) is 0.374. The number of benzene rings is 1. The van der Waals surface area contributed by atoms with Gasteiger partial charge in [0.15, 0.2) is 0 Å². The Balaban J connectivity index is 1.85. The van der Waals surface area contributed by atoms with Crippen LogP contribution < -0.4 is 11.1 Å². The lowest BCUT2D eigenvalue weighted by molar-refractivity contribution is 0.762. The van der Waals surface area contributed by atoms with Crippen molar-refractivity contribution >= 4 is 10.9 Å². The zero-order valence-corrected chi connectivity index (χ0v) is 12.7. The first kappa shape index (κ1) is 14.2. The predicted octanol–water partition coefficient (Wildman–Crippen LogP) is 1.92. The minimum atomic E-state index is -0.184. The molecule has 0 aliphatic rings.